The maximum atomic E-state index is 12.9. The van der Waals surface area contributed by atoms with Crippen molar-refractivity contribution < 1.29 is 4.39 Å². The van der Waals surface area contributed by atoms with Gasteiger partial charge in [-0.3, -0.25) is 4.57 Å². The Labute approximate surface area is 101 Å². The topological polar surface area (TPSA) is 42.7 Å². The lowest BCUT2D eigenvalue weighted by Gasteiger charge is -2.05. The Hall–Kier alpha value is -1.43. The van der Waals surface area contributed by atoms with E-state index in [1.807, 2.05) is 7.05 Å². The summed E-state index contributed by atoms with van der Waals surface area (Å²) in [6, 6.07) is 4.47. The molecule has 0 bridgehead atoms. The second-order valence-corrected chi connectivity index (χ2v) is 4.13. The Morgan fingerprint density at radius 1 is 1.38 bits per heavy atom. The van der Waals surface area contributed by atoms with Crippen molar-refractivity contribution >= 4 is 21.9 Å². The molecular formula is C10H10BrFN4. The molecule has 1 N–H and O–H groups in total. The molecule has 0 spiro atoms. The van der Waals surface area contributed by atoms with Crippen LogP contribution in [0.5, 0.6) is 0 Å². The summed E-state index contributed by atoms with van der Waals surface area (Å²) in [5.41, 5.74) is 0.804. The van der Waals surface area contributed by atoms with Gasteiger partial charge in [0.2, 0.25) is 5.95 Å². The summed E-state index contributed by atoms with van der Waals surface area (Å²) >= 11 is 3.31. The van der Waals surface area contributed by atoms with E-state index in [4.69, 9.17) is 0 Å². The van der Waals surface area contributed by atoms with Crippen LogP contribution in [0, 0.1) is 5.82 Å². The summed E-state index contributed by atoms with van der Waals surface area (Å²) in [4.78, 5) is 0. The molecule has 0 amide bonds. The first-order chi connectivity index (χ1) is 7.63. The standard InChI is InChI=1S/C10H10BrFN4/c1-13-10-15-14-9(16(10)2)7-4-3-6(12)5-8(7)11/h3-5H,1-2H3,(H,13,15). The molecule has 0 saturated carbocycles. The van der Waals surface area contributed by atoms with Crippen LogP contribution < -0.4 is 5.32 Å². The summed E-state index contributed by atoms with van der Waals surface area (Å²) in [5, 5.41) is 10.9. The normalized spacial score (nSPS) is 10.5. The molecule has 1 aromatic carbocycles. The van der Waals surface area contributed by atoms with Gasteiger partial charge in [0.15, 0.2) is 5.82 Å². The van der Waals surface area contributed by atoms with Gasteiger partial charge in [0.25, 0.3) is 0 Å². The van der Waals surface area contributed by atoms with Crippen molar-refractivity contribution in [2.24, 2.45) is 7.05 Å². The van der Waals surface area contributed by atoms with Gasteiger partial charge >= 0.3 is 0 Å². The van der Waals surface area contributed by atoms with Crippen molar-refractivity contribution in [1.29, 1.82) is 0 Å². The third-order valence-electron chi connectivity index (χ3n) is 2.27. The van der Waals surface area contributed by atoms with Gasteiger partial charge in [-0.1, -0.05) is 0 Å². The summed E-state index contributed by atoms with van der Waals surface area (Å²) < 4.78 is 15.4. The number of nitrogens with zero attached hydrogens (tertiary/aromatic N) is 3. The number of aromatic nitrogens is 3. The third kappa shape index (κ3) is 1.80. The van der Waals surface area contributed by atoms with Crippen molar-refractivity contribution in [3.05, 3.63) is 28.5 Å². The average Bonchev–Trinajstić information content (AvgIpc) is 2.60. The summed E-state index contributed by atoms with van der Waals surface area (Å²) in [7, 11) is 3.62. The molecule has 0 radical (unpaired) electrons. The van der Waals surface area contributed by atoms with Crippen LogP contribution >= 0.6 is 15.9 Å². The van der Waals surface area contributed by atoms with Gasteiger partial charge < -0.3 is 5.32 Å². The highest BCUT2D eigenvalue weighted by Gasteiger charge is 2.12. The highest BCUT2D eigenvalue weighted by molar-refractivity contribution is 9.10. The zero-order valence-corrected chi connectivity index (χ0v) is 10.4. The Morgan fingerprint density at radius 3 is 2.69 bits per heavy atom. The largest absolute Gasteiger partial charge is 0.357 e. The lowest BCUT2D eigenvalue weighted by Crippen LogP contribution is -2.00. The summed E-state index contributed by atoms with van der Waals surface area (Å²) in [5.74, 6) is 1.05. The van der Waals surface area contributed by atoms with E-state index < -0.39 is 0 Å². The van der Waals surface area contributed by atoms with Gasteiger partial charge in [0, 0.05) is 24.1 Å². The van der Waals surface area contributed by atoms with Gasteiger partial charge in [-0.15, -0.1) is 10.2 Å². The second kappa shape index (κ2) is 4.21. The highest BCUT2D eigenvalue weighted by atomic mass is 79.9. The first-order valence-electron chi connectivity index (χ1n) is 4.66. The first-order valence-corrected chi connectivity index (χ1v) is 5.45. The molecule has 0 saturated heterocycles. The van der Waals surface area contributed by atoms with E-state index >= 15 is 0 Å². The zero-order chi connectivity index (χ0) is 11.7. The molecular weight excluding hydrogens is 275 g/mol. The maximum absolute atomic E-state index is 12.9. The van der Waals surface area contributed by atoms with Crippen LogP contribution in [0.15, 0.2) is 22.7 Å². The SMILES string of the molecule is CNc1nnc(-c2ccc(F)cc2Br)n1C. The monoisotopic (exact) mass is 284 g/mol. The van der Waals surface area contributed by atoms with E-state index in [9.17, 15) is 4.39 Å². The van der Waals surface area contributed by atoms with Gasteiger partial charge in [-0.25, -0.2) is 4.39 Å². The lowest BCUT2D eigenvalue weighted by molar-refractivity contribution is 0.627. The van der Waals surface area contributed by atoms with E-state index in [1.54, 1.807) is 17.7 Å². The molecule has 2 aromatic rings. The number of benzene rings is 1. The lowest BCUT2D eigenvalue weighted by atomic mass is 10.2. The number of anilines is 1. The number of hydrogen-bond acceptors (Lipinski definition) is 3. The Morgan fingerprint density at radius 2 is 2.12 bits per heavy atom. The van der Waals surface area contributed by atoms with Crippen LogP contribution in [0.2, 0.25) is 0 Å². The van der Waals surface area contributed by atoms with Crippen molar-refractivity contribution in [1.82, 2.24) is 14.8 Å². The minimum atomic E-state index is -0.286. The van der Waals surface area contributed by atoms with E-state index in [-0.39, 0.29) is 5.82 Å². The Bertz CT molecular complexity index is 524. The predicted octanol–water partition coefficient (Wildman–Crippen LogP) is 2.43. The predicted molar refractivity (Wildman–Crippen MR) is 63.6 cm³/mol. The number of rotatable bonds is 2. The van der Waals surface area contributed by atoms with Crippen molar-refractivity contribution in [2.75, 3.05) is 12.4 Å². The molecule has 0 unspecified atom stereocenters. The van der Waals surface area contributed by atoms with E-state index in [0.717, 1.165) is 5.56 Å². The highest BCUT2D eigenvalue weighted by Crippen LogP contribution is 2.28. The molecule has 16 heavy (non-hydrogen) atoms. The molecule has 0 atom stereocenters. The van der Waals surface area contributed by atoms with Crippen molar-refractivity contribution in [3.8, 4) is 11.4 Å². The molecule has 0 aliphatic heterocycles. The van der Waals surface area contributed by atoms with E-state index in [0.29, 0.717) is 16.2 Å². The number of halogens is 2. The third-order valence-corrected chi connectivity index (χ3v) is 2.93. The molecule has 1 aromatic heterocycles. The van der Waals surface area contributed by atoms with E-state index in [1.165, 1.54) is 12.1 Å². The van der Waals surface area contributed by atoms with Crippen LogP contribution in [0.25, 0.3) is 11.4 Å². The van der Waals surface area contributed by atoms with Crippen LogP contribution in [0.1, 0.15) is 0 Å². The quantitative estimate of drug-likeness (QED) is 0.921. The van der Waals surface area contributed by atoms with Crippen LogP contribution in [0.4, 0.5) is 10.3 Å². The van der Waals surface area contributed by atoms with Gasteiger partial charge in [-0.05, 0) is 34.1 Å². The van der Waals surface area contributed by atoms with Crippen LogP contribution in [0.3, 0.4) is 0 Å². The molecule has 2 rings (SSSR count). The fourth-order valence-corrected chi connectivity index (χ4v) is 1.98. The van der Waals surface area contributed by atoms with Gasteiger partial charge in [0.05, 0.1) is 0 Å². The Kier molecular flexibility index (Phi) is 2.91. The molecule has 4 nitrogen and oxygen atoms in total. The molecule has 0 aliphatic carbocycles. The maximum Gasteiger partial charge on any atom is 0.224 e. The van der Waals surface area contributed by atoms with Crippen LogP contribution in [-0.2, 0) is 7.05 Å². The first kappa shape index (κ1) is 11.1. The smallest absolute Gasteiger partial charge is 0.224 e. The minimum absolute atomic E-state index is 0.286. The number of nitrogens with one attached hydrogen (secondary N) is 1. The Balaban J connectivity index is 2.54. The zero-order valence-electron chi connectivity index (χ0n) is 8.83. The molecule has 6 heteroatoms. The van der Waals surface area contributed by atoms with Crippen molar-refractivity contribution in [3.63, 3.8) is 0 Å². The average molecular weight is 285 g/mol. The van der Waals surface area contributed by atoms with E-state index in [2.05, 4.69) is 31.4 Å². The summed E-state index contributed by atoms with van der Waals surface area (Å²) in [6.07, 6.45) is 0. The van der Waals surface area contributed by atoms with Gasteiger partial charge in [0.1, 0.15) is 5.82 Å². The van der Waals surface area contributed by atoms with Crippen LogP contribution in [-0.4, -0.2) is 21.8 Å². The summed E-state index contributed by atoms with van der Waals surface area (Å²) in [6.45, 7) is 0. The second-order valence-electron chi connectivity index (χ2n) is 3.28. The fraction of sp³-hybridized carbons (Fsp3) is 0.200. The molecule has 0 aliphatic rings. The van der Waals surface area contributed by atoms with Crippen molar-refractivity contribution in [2.45, 2.75) is 0 Å². The molecule has 84 valence electrons. The van der Waals surface area contributed by atoms with Gasteiger partial charge in [-0.2, -0.15) is 0 Å². The molecule has 0 fully saturated rings. The number of hydrogen-bond donors (Lipinski definition) is 1. The fourth-order valence-electron chi connectivity index (χ4n) is 1.45. The molecule has 1 heterocycles. The minimum Gasteiger partial charge on any atom is -0.357 e.